The van der Waals surface area contributed by atoms with Crippen LogP contribution in [0.2, 0.25) is 0 Å². The maximum Gasteiger partial charge on any atom is 0.126 e. The van der Waals surface area contributed by atoms with E-state index >= 15 is 0 Å². The lowest BCUT2D eigenvalue weighted by atomic mass is 10.3. The molecule has 0 aliphatic carbocycles. The highest BCUT2D eigenvalue weighted by Crippen LogP contribution is 2.11. The van der Waals surface area contributed by atoms with Crippen LogP contribution in [0, 0.1) is 0 Å². The van der Waals surface area contributed by atoms with Crippen molar-refractivity contribution in [1.29, 1.82) is 0 Å². The van der Waals surface area contributed by atoms with Crippen LogP contribution in [0.4, 0.5) is 0 Å². The summed E-state index contributed by atoms with van der Waals surface area (Å²) in [6.45, 7) is 4.13. The molecule has 18 heavy (non-hydrogen) atoms. The second kappa shape index (κ2) is 5.23. The summed E-state index contributed by atoms with van der Waals surface area (Å²) in [6.07, 6.45) is 11.0. The van der Waals surface area contributed by atoms with Gasteiger partial charge in [-0.1, -0.05) is 6.08 Å². The summed E-state index contributed by atoms with van der Waals surface area (Å²) in [5, 5.41) is 0. The third-order valence-electron chi connectivity index (χ3n) is 3.25. The van der Waals surface area contributed by atoms with Gasteiger partial charge in [0, 0.05) is 32.4 Å². The van der Waals surface area contributed by atoms with Gasteiger partial charge < -0.3 is 8.98 Å². The molecule has 4 nitrogen and oxygen atoms in total. The Morgan fingerprint density at radius 3 is 3.28 bits per heavy atom. The lowest BCUT2D eigenvalue weighted by Gasteiger charge is -2.16. The van der Waals surface area contributed by atoms with Crippen molar-refractivity contribution >= 4 is 6.08 Å². The zero-order valence-electron chi connectivity index (χ0n) is 10.3. The van der Waals surface area contributed by atoms with Crippen LogP contribution in [0.25, 0.3) is 6.08 Å². The molecule has 0 N–H and O–H groups in total. The van der Waals surface area contributed by atoms with Gasteiger partial charge in [0.15, 0.2) is 0 Å². The monoisotopic (exact) mass is 243 g/mol. The Labute approximate surface area is 107 Å². The summed E-state index contributed by atoms with van der Waals surface area (Å²) in [5.74, 6) is 0.912. The molecule has 0 spiro atoms. The summed E-state index contributed by atoms with van der Waals surface area (Å²) in [7, 11) is 0. The Kier molecular flexibility index (Phi) is 3.28. The van der Waals surface area contributed by atoms with Gasteiger partial charge in [0.05, 0.1) is 18.3 Å². The van der Waals surface area contributed by atoms with Gasteiger partial charge in [-0.2, -0.15) is 0 Å². The standard InChI is InChI=1S/C14H17N3O/c1(4-14-5-2-9-18-14)6-16-7-3-8-17-12-15-10-13(17)11-16/h1-2,4-5,9-10,12H,3,6-8,11H2/b4-1+. The Balaban J connectivity index is 1.60. The van der Waals surface area contributed by atoms with Gasteiger partial charge in [-0.15, -0.1) is 0 Å². The SMILES string of the molecule is C(=C\c1ccco1)/CN1CCCn2cncc2C1. The third-order valence-corrected chi connectivity index (χ3v) is 3.25. The smallest absolute Gasteiger partial charge is 0.126 e. The largest absolute Gasteiger partial charge is 0.465 e. The number of nitrogens with zero attached hydrogens (tertiary/aromatic N) is 3. The fourth-order valence-corrected chi connectivity index (χ4v) is 2.31. The molecule has 3 heterocycles. The molecule has 0 radical (unpaired) electrons. The topological polar surface area (TPSA) is 34.2 Å². The lowest BCUT2D eigenvalue weighted by Crippen LogP contribution is -2.23. The number of aryl methyl sites for hydroxylation is 1. The summed E-state index contributed by atoms with van der Waals surface area (Å²) < 4.78 is 7.52. The number of aromatic nitrogens is 2. The number of imidazole rings is 1. The summed E-state index contributed by atoms with van der Waals surface area (Å²) in [4.78, 5) is 6.63. The molecule has 3 rings (SSSR count). The van der Waals surface area contributed by atoms with Crippen LogP contribution in [0.1, 0.15) is 17.9 Å². The van der Waals surface area contributed by atoms with Crippen molar-refractivity contribution in [3.63, 3.8) is 0 Å². The quantitative estimate of drug-likeness (QED) is 0.830. The molecule has 0 amide bonds. The van der Waals surface area contributed by atoms with Crippen LogP contribution in [0.5, 0.6) is 0 Å². The highest BCUT2D eigenvalue weighted by molar-refractivity contribution is 5.42. The van der Waals surface area contributed by atoms with E-state index in [0.717, 1.165) is 31.9 Å². The minimum Gasteiger partial charge on any atom is -0.465 e. The van der Waals surface area contributed by atoms with Gasteiger partial charge in [-0.05, 0) is 24.6 Å². The minimum absolute atomic E-state index is 0.912. The van der Waals surface area contributed by atoms with E-state index in [1.165, 1.54) is 12.1 Å². The zero-order chi connectivity index (χ0) is 12.2. The average molecular weight is 243 g/mol. The maximum absolute atomic E-state index is 5.27. The summed E-state index contributed by atoms with van der Waals surface area (Å²) in [5.41, 5.74) is 1.30. The van der Waals surface area contributed by atoms with E-state index in [1.807, 2.05) is 30.7 Å². The molecule has 1 aliphatic rings. The van der Waals surface area contributed by atoms with Crippen molar-refractivity contribution < 1.29 is 4.42 Å². The van der Waals surface area contributed by atoms with Crippen molar-refractivity contribution in [2.75, 3.05) is 13.1 Å². The van der Waals surface area contributed by atoms with Crippen molar-refractivity contribution in [1.82, 2.24) is 14.5 Å². The predicted molar refractivity (Wildman–Crippen MR) is 69.9 cm³/mol. The molecule has 4 heteroatoms. The molecular formula is C14H17N3O. The van der Waals surface area contributed by atoms with Crippen molar-refractivity contribution in [2.45, 2.75) is 19.5 Å². The van der Waals surface area contributed by atoms with Gasteiger partial charge >= 0.3 is 0 Å². The Hall–Kier alpha value is -1.81. The number of rotatable bonds is 3. The Morgan fingerprint density at radius 2 is 2.39 bits per heavy atom. The number of hydrogen-bond acceptors (Lipinski definition) is 3. The van der Waals surface area contributed by atoms with Crippen LogP contribution in [-0.4, -0.2) is 27.5 Å². The van der Waals surface area contributed by atoms with Crippen molar-refractivity contribution in [3.05, 3.63) is 48.5 Å². The number of fused-ring (bicyclic) bond motifs is 1. The Bertz CT molecular complexity index is 513. The van der Waals surface area contributed by atoms with Crippen molar-refractivity contribution in [3.8, 4) is 0 Å². The van der Waals surface area contributed by atoms with E-state index in [1.54, 1.807) is 6.26 Å². The van der Waals surface area contributed by atoms with E-state index in [0.29, 0.717) is 0 Å². The van der Waals surface area contributed by atoms with Gasteiger partial charge in [0.25, 0.3) is 0 Å². The van der Waals surface area contributed by atoms with Crippen LogP contribution in [0.3, 0.4) is 0 Å². The first kappa shape index (κ1) is 11.3. The number of hydrogen-bond donors (Lipinski definition) is 0. The first-order valence-corrected chi connectivity index (χ1v) is 6.33. The number of furan rings is 1. The second-order valence-electron chi connectivity index (χ2n) is 4.58. The molecule has 0 bridgehead atoms. The molecule has 0 fully saturated rings. The normalized spacial score (nSPS) is 16.9. The molecule has 2 aromatic heterocycles. The molecule has 1 aliphatic heterocycles. The predicted octanol–water partition coefficient (Wildman–Crippen LogP) is 2.40. The average Bonchev–Trinajstić information content (AvgIpc) is 2.99. The highest BCUT2D eigenvalue weighted by atomic mass is 16.3. The fourth-order valence-electron chi connectivity index (χ4n) is 2.31. The van der Waals surface area contributed by atoms with Crippen LogP contribution in [0.15, 0.2) is 41.4 Å². The van der Waals surface area contributed by atoms with E-state index in [2.05, 4.69) is 20.5 Å². The highest BCUT2D eigenvalue weighted by Gasteiger charge is 2.12. The molecular weight excluding hydrogens is 226 g/mol. The Morgan fingerprint density at radius 1 is 1.39 bits per heavy atom. The molecule has 0 unspecified atom stereocenters. The van der Waals surface area contributed by atoms with Crippen LogP contribution < -0.4 is 0 Å². The van der Waals surface area contributed by atoms with Crippen molar-refractivity contribution in [2.24, 2.45) is 0 Å². The van der Waals surface area contributed by atoms with E-state index in [-0.39, 0.29) is 0 Å². The first-order chi connectivity index (χ1) is 8.92. The lowest BCUT2D eigenvalue weighted by molar-refractivity contribution is 0.299. The first-order valence-electron chi connectivity index (χ1n) is 6.33. The summed E-state index contributed by atoms with van der Waals surface area (Å²) >= 11 is 0. The van der Waals surface area contributed by atoms with E-state index < -0.39 is 0 Å². The van der Waals surface area contributed by atoms with E-state index in [4.69, 9.17) is 4.42 Å². The maximum atomic E-state index is 5.27. The van der Waals surface area contributed by atoms with Gasteiger partial charge in [-0.3, -0.25) is 4.90 Å². The van der Waals surface area contributed by atoms with Gasteiger partial charge in [0.1, 0.15) is 5.76 Å². The van der Waals surface area contributed by atoms with E-state index in [9.17, 15) is 0 Å². The summed E-state index contributed by atoms with van der Waals surface area (Å²) in [6, 6.07) is 3.87. The second-order valence-corrected chi connectivity index (χ2v) is 4.58. The zero-order valence-corrected chi connectivity index (χ0v) is 10.3. The third kappa shape index (κ3) is 2.54. The van der Waals surface area contributed by atoms with Gasteiger partial charge in [0.2, 0.25) is 0 Å². The molecule has 2 aromatic rings. The molecule has 94 valence electrons. The molecule has 0 saturated carbocycles. The molecule has 0 atom stereocenters. The van der Waals surface area contributed by atoms with Crippen LogP contribution in [-0.2, 0) is 13.1 Å². The van der Waals surface area contributed by atoms with Gasteiger partial charge in [-0.25, -0.2) is 4.98 Å². The fraction of sp³-hybridized carbons (Fsp3) is 0.357. The molecule has 0 aromatic carbocycles. The van der Waals surface area contributed by atoms with Crippen LogP contribution >= 0.6 is 0 Å². The minimum atomic E-state index is 0.912. The molecule has 0 saturated heterocycles.